The molecule has 0 atom stereocenters. The van der Waals surface area contributed by atoms with Crippen molar-refractivity contribution in [3.63, 3.8) is 0 Å². The van der Waals surface area contributed by atoms with Crippen LogP contribution in [0.5, 0.6) is 5.75 Å². The highest BCUT2D eigenvalue weighted by Gasteiger charge is 2.04. The first kappa shape index (κ1) is 19.1. The average Bonchev–Trinajstić information content (AvgIpc) is 2.72. The van der Waals surface area contributed by atoms with Crippen molar-refractivity contribution >= 4 is 0 Å². The van der Waals surface area contributed by atoms with Gasteiger partial charge in [-0.15, -0.1) is 0 Å². The monoisotopic (exact) mass is 361 g/mol. The molecule has 1 N–H and O–H groups in total. The van der Waals surface area contributed by atoms with Gasteiger partial charge in [-0.3, -0.25) is 4.98 Å². The fourth-order valence-electron chi connectivity index (χ4n) is 2.90. The number of ether oxygens (including phenoxy) is 1. The Morgan fingerprint density at radius 3 is 2.52 bits per heavy atom. The quantitative estimate of drug-likeness (QED) is 0.556. The van der Waals surface area contributed by atoms with Crippen LogP contribution in [0.4, 0.5) is 0 Å². The Labute approximate surface area is 161 Å². The largest absolute Gasteiger partial charge is 0.489 e. The highest BCUT2D eigenvalue weighted by Crippen LogP contribution is 2.19. The number of nitrogens with zero attached hydrogens (tertiary/aromatic N) is 2. The van der Waals surface area contributed by atoms with Gasteiger partial charge in [-0.05, 0) is 24.7 Å². The minimum Gasteiger partial charge on any atom is -0.489 e. The molecule has 0 bridgehead atoms. The SMILES string of the molecule is CN(CCNCc1ccccc1OCc1cccnc1)Cc1ccccc1. The van der Waals surface area contributed by atoms with Gasteiger partial charge in [-0.25, -0.2) is 0 Å². The van der Waals surface area contributed by atoms with Crippen LogP contribution in [0.1, 0.15) is 16.7 Å². The molecular weight excluding hydrogens is 334 g/mol. The normalized spacial score (nSPS) is 10.9. The standard InChI is InChI=1S/C23H27N3O/c1-26(18-20-8-3-2-4-9-20)15-14-25-17-22-11-5-6-12-23(22)27-19-21-10-7-13-24-16-21/h2-13,16,25H,14-15,17-19H2,1H3. The molecule has 0 unspecified atom stereocenters. The van der Waals surface area contributed by atoms with Crippen LogP contribution in [0, 0.1) is 0 Å². The molecule has 3 rings (SSSR count). The van der Waals surface area contributed by atoms with E-state index in [4.69, 9.17) is 4.74 Å². The maximum Gasteiger partial charge on any atom is 0.124 e. The lowest BCUT2D eigenvalue weighted by atomic mass is 10.2. The molecule has 0 spiro atoms. The van der Waals surface area contributed by atoms with Gasteiger partial charge in [-0.1, -0.05) is 54.6 Å². The van der Waals surface area contributed by atoms with Gasteiger partial charge in [-0.2, -0.15) is 0 Å². The summed E-state index contributed by atoms with van der Waals surface area (Å²) in [4.78, 5) is 6.46. The number of aromatic nitrogens is 1. The van der Waals surface area contributed by atoms with E-state index in [0.717, 1.165) is 37.5 Å². The molecule has 0 aliphatic heterocycles. The van der Waals surface area contributed by atoms with Gasteiger partial charge in [0.2, 0.25) is 0 Å². The summed E-state index contributed by atoms with van der Waals surface area (Å²) in [6.07, 6.45) is 3.61. The molecule has 27 heavy (non-hydrogen) atoms. The molecule has 0 saturated heterocycles. The Morgan fingerprint density at radius 1 is 0.926 bits per heavy atom. The van der Waals surface area contributed by atoms with Gasteiger partial charge in [0.05, 0.1) is 0 Å². The van der Waals surface area contributed by atoms with E-state index in [9.17, 15) is 0 Å². The second-order valence-electron chi connectivity index (χ2n) is 6.66. The summed E-state index contributed by atoms with van der Waals surface area (Å²) in [6, 6.07) is 22.7. The van der Waals surface area contributed by atoms with Crippen LogP contribution in [0.2, 0.25) is 0 Å². The minimum absolute atomic E-state index is 0.532. The van der Waals surface area contributed by atoms with Gasteiger partial charge in [0.15, 0.2) is 0 Å². The molecule has 0 radical (unpaired) electrons. The third-order valence-electron chi connectivity index (χ3n) is 4.37. The van der Waals surface area contributed by atoms with Crippen LogP contribution in [0.25, 0.3) is 0 Å². The Bertz CT molecular complexity index is 793. The van der Waals surface area contributed by atoms with Crippen LogP contribution >= 0.6 is 0 Å². The van der Waals surface area contributed by atoms with Crippen molar-refractivity contribution in [2.45, 2.75) is 19.7 Å². The summed E-state index contributed by atoms with van der Waals surface area (Å²) in [7, 11) is 2.15. The van der Waals surface area contributed by atoms with Crippen molar-refractivity contribution < 1.29 is 4.74 Å². The lowest BCUT2D eigenvalue weighted by molar-refractivity contribution is 0.300. The third-order valence-corrected chi connectivity index (χ3v) is 4.37. The van der Waals surface area contributed by atoms with E-state index in [0.29, 0.717) is 6.61 Å². The second kappa shape index (κ2) is 10.5. The number of nitrogens with one attached hydrogen (secondary N) is 1. The first-order valence-electron chi connectivity index (χ1n) is 9.34. The molecule has 0 fully saturated rings. The molecule has 0 aliphatic carbocycles. The Balaban J connectivity index is 1.43. The van der Waals surface area contributed by atoms with Crippen molar-refractivity contribution in [3.05, 3.63) is 95.8 Å². The van der Waals surface area contributed by atoms with Crippen LogP contribution in [-0.4, -0.2) is 30.0 Å². The zero-order valence-electron chi connectivity index (χ0n) is 15.8. The second-order valence-corrected chi connectivity index (χ2v) is 6.66. The maximum atomic E-state index is 5.99. The summed E-state index contributed by atoms with van der Waals surface area (Å²) in [5.41, 5.74) is 3.59. The van der Waals surface area contributed by atoms with Crippen LogP contribution in [-0.2, 0) is 19.7 Å². The number of pyridine rings is 1. The molecule has 0 amide bonds. The lowest BCUT2D eigenvalue weighted by Gasteiger charge is -2.17. The third kappa shape index (κ3) is 6.51. The van der Waals surface area contributed by atoms with Crippen LogP contribution in [0.3, 0.4) is 0 Å². The van der Waals surface area contributed by atoms with E-state index in [1.165, 1.54) is 11.1 Å². The number of hydrogen-bond donors (Lipinski definition) is 1. The van der Waals surface area contributed by atoms with E-state index in [1.54, 1.807) is 6.20 Å². The summed E-state index contributed by atoms with van der Waals surface area (Å²) < 4.78 is 5.99. The van der Waals surface area contributed by atoms with E-state index in [2.05, 4.69) is 64.7 Å². The molecule has 0 saturated carbocycles. The fourth-order valence-corrected chi connectivity index (χ4v) is 2.90. The van der Waals surface area contributed by atoms with Crippen LogP contribution < -0.4 is 10.1 Å². The molecule has 2 aromatic carbocycles. The van der Waals surface area contributed by atoms with Gasteiger partial charge < -0.3 is 15.0 Å². The van der Waals surface area contributed by atoms with E-state index in [-0.39, 0.29) is 0 Å². The molecule has 1 heterocycles. The van der Waals surface area contributed by atoms with Gasteiger partial charge in [0.1, 0.15) is 12.4 Å². The average molecular weight is 361 g/mol. The lowest BCUT2D eigenvalue weighted by Crippen LogP contribution is -2.28. The zero-order valence-corrected chi connectivity index (χ0v) is 15.8. The first-order valence-corrected chi connectivity index (χ1v) is 9.34. The predicted molar refractivity (Wildman–Crippen MR) is 109 cm³/mol. The fraction of sp³-hybridized carbons (Fsp3) is 0.261. The van der Waals surface area contributed by atoms with E-state index < -0.39 is 0 Å². The van der Waals surface area contributed by atoms with Crippen molar-refractivity contribution in [3.8, 4) is 5.75 Å². The smallest absolute Gasteiger partial charge is 0.124 e. The Kier molecular flexibility index (Phi) is 7.39. The molecule has 140 valence electrons. The number of rotatable bonds is 10. The number of benzene rings is 2. The van der Waals surface area contributed by atoms with Crippen molar-refractivity contribution in [1.82, 2.24) is 15.2 Å². The highest BCUT2D eigenvalue weighted by molar-refractivity contribution is 5.33. The summed E-state index contributed by atoms with van der Waals surface area (Å²) >= 11 is 0. The molecule has 3 aromatic rings. The minimum atomic E-state index is 0.532. The predicted octanol–water partition coefficient (Wildman–Crippen LogP) is 3.88. The number of para-hydroxylation sites is 1. The Morgan fingerprint density at radius 2 is 1.70 bits per heavy atom. The van der Waals surface area contributed by atoms with Crippen molar-refractivity contribution in [2.24, 2.45) is 0 Å². The molecule has 0 aliphatic rings. The summed E-state index contributed by atoms with van der Waals surface area (Å²) in [6.45, 7) is 4.22. The van der Waals surface area contributed by atoms with Crippen LogP contribution in [0.15, 0.2) is 79.1 Å². The van der Waals surface area contributed by atoms with E-state index >= 15 is 0 Å². The molecule has 4 nitrogen and oxygen atoms in total. The number of likely N-dealkylation sites (N-methyl/N-ethyl adjacent to an activating group) is 1. The maximum absolute atomic E-state index is 5.99. The van der Waals surface area contributed by atoms with Gasteiger partial charge >= 0.3 is 0 Å². The van der Waals surface area contributed by atoms with Gasteiger partial charge in [0, 0.05) is 49.7 Å². The summed E-state index contributed by atoms with van der Waals surface area (Å²) in [5.74, 6) is 0.923. The molecule has 1 aromatic heterocycles. The Hall–Kier alpha value is -2.69. The zero-order chi connectivity index (χ0) is 18.7. The number of hydrogen-bond acceptors (Lipinski definition) is 4. The van der Waals surface area contributed by atoms with Gasteiger partial charge in [0.25, 0.3) is 0 Å². The summed E-state index contributed by atoms with van der Waals surface area (Å²) in [5, 5.41) is 3.52. The molecule has 4 heteroatoms. The topological polar surface area (TPSA) is 37.4 Å². The van der Waals surface area contributed by atoms with Crippen molar-refractivity contribution in [1.29, 1.82) is 0 Å². The van der Waals surface area contributed by atoms with E-state index in [1.807, 2.05) is 30.5 Å². The highest BCUT2D eigenvalue weighted by atomic mass is 16.5. The molecular formula is C23H27N3O. The first-order chi connectivity index (χ1) is 13.3. The van der Waals surface area contributed by atoms with Crippen molar-refractivity contribution in [2.75, 3.05) is 20.1 Å².